The number of fused-ring (bicyclic) bond motifs is 1. The Morgan fingerprint density at radius 3 is 2.73 bits per heavy atom. The van der Waals surface area contributed by atoms with E-state index in [0.29, 0.717) is 37.3 Å². The third-order valence-electron chi connectivity index (χ3n) is 3.76. The van der Waals surface area contributed by atoms with E-state index in [9.17, 15) is 0 Å². The zero-order valence-electron chi connectivity index (χ0n) is 14.8. The second-order valence-electron chi connectivity index (χ2n) is 5.56. The van der Waals surface area contributed by atoms with Gasteiger partial charge in [0.05, 0.1) is 34.0 Å². The average molecular weight is 358 g/mol. The van der Waals surface area contributed by atoms with E-state index in [-0.39, 0.29) is 5.96 Å². The second kappa shape index (κ2) is 8.28. The summed E-state index contributed by atoms with van der Waals surface area (Å²) >= 11 is 0. The van der Waals surface area contributed by atoms with Gasteiger partial charge >= 0.3 is 0 Å². The van der Waals surface area contributed by atoms with Gasteiger partial charge < -0.3 is 30.0 Å². The lowest BCUT2D eigenvalue weighted by Crippen LogP contribution is -2.22. The highest BCUT2D eigenvalue weighted by atomic mass is 16.5. The van der Waals surface area contributed by atoms with Crippen LogP contribution >= 0.6 is 0 Å². The van der Waals surface area contributed by atoms with Gasteiger partial charge in [-0.2, -0.15) is 4.98 Å². The molecule has 0 bridgehead atoms. The Bertz CT molecular complexity index is 795. The first-order valence-electron chi connectivity index (χ1n) is 8.24. The van der Waals surface area contributed by atoms with Crippen LogP contribution < -0.4 is 30.0 Å². The number of methoxy groups -OCH3 is 2. The number of nitrogens with one attached hydrogen (secondary N) is 1. The van der Waals surface area contributed by atoms with Gasteiger partial charge in [-0.05, 0) is 18.2 Å². The Labute approximate surface area is 151 Å². The van der Waals surface area contributed by atoms with E-state index in [2.05, 4.69) is 15.3 Å². The van der Waals surface area contributed by atoms with E-state index in [1.54, 1.807) is 20.3 Å². The van der Waals surface area contributed by atoms with E-state index in [1.165, 1.54) is 0 Å². The van der Waals surface area contributed by atoms with Crippen molar-refractivity contribution in [2.75, 3.05) is 32.8 Å². The predicted molar refractivity (Wildman–Crippen MR) is 98.3 cm³/mol. The molecule has 3 N–H and O–H groups in total. The number of benzene rings is 1. The fraction of sp³-hybridized carbons (Fsp3) is 0.333. The first kappa shape index (κ1) is 17.7. The SMILES string of the molecule is COc1ccc(CN=C(N)Nc2ccc3c(c2)OCCCO3)c(OC)n1. The fourth-order valence-corrected chi connectivity index (χ4v) is 2.46. The number of rotatable bonds is 5. The molecule has 2 aromatic rings. The zero-order valence-corrected chi connectivity index (χ0v) is 14.8. The molecule has 0 unspecified atom stereocenters. The molecule has 0 saturated carbocycles. The summed E-state index contributed by atoms with van der Waals surface area (Å²) in [6.45, 7) is 1.61. The topological polar surface area (TPSA) is 100 Å². The number of guanidine groups is 1. The molecule has 1 aromatic heterocycles. The maximum absolute atomic E-state index is 5.99. The zero-order chi connectivity index (χ0) is 18.4. The minimum Gasteiger partial charge on any atom is -0.490 e. The highest BCUT2D eigenvalue weighted by Gasteiger charge is 2.11. The molecular formula is C18H22N4O4. The molecule has 26 heavy (non-hydrogen) atoms. The number of nitrogens with two attached hydrogens (primary N) is 1. The van der Waals surface area contributed by atoms with Crippen LogP contribution in [0.2, 0.25) is 0 Å². The third-order valence-corrected chi connectivity index (χ3v) is 3.76. The van der Waals surface area contributed by atoms with Gasteiger partial charge in [-0.25, -0.2) is 4.99 Å². The van der Waals surface area contributed by atoms with E-state index >= 15 is 0 Å². The standard InChI is InChI=1S/C18H22N4O4/c1-23-16-7-4-12(17(22-16)24-2)11-20-18(19)21-13-5-6-14-15(10-13)26-9-3-8-25-14/h4-7,10H,3,8-9,11H2,1-2H3,(H3,19,20,21). The molecule has 1 aliphatic rings. The van der Waals surface area contributed by atoms with Crippen LogP contribution in [0.4, 0.5) is 5.69 Å². The first-order chi connectivity index (χ1) is 12.7. The summed E-state index contributed by atoms with van der Waals surface area (Å²) in [6.07, 6.45) is 0.860. The van der Waals surface area contributed by atoms with Crippen LogP contribution in [0.3, 0.4) is 0 Å². The molecule has 0 aliphatic carbocycles. The molecule has 1 aromatic carbocycles. The molecule has 0 atom stereocenters. The molecule has 138 valence electrons. The molecule has 0 saturated heterocycles. The Balaban J connectivity index is 1.68. The van der Waals surface area contributed by atoms with Crippen LogP contribution in [-0.2, 0) is 6.54 Å². The normalized spacial score (nSPS) is 13.7. The number of aliphatic imine (C=N–C) groups is 1. The Morgan fingerprint density at radius 2 is 1.96 bits per heavy atom. The smallest absolute Gasteiger partial charge is 0.221 e. The van der Waals surface area contributed by atoms with Crippen molar-refractivity contribution in [3.63, 3.8) is 0 Å². The lowest BCUT2D eigenvalue weighted by atomic mass is 10.2. The summed E-state index contributed by atoms with van der Waals surface area (Å²) in [5, 5.41) is 3.05. The second-order valence-corrected chi connectivity index (χ2v) is 5.56. The number of ether oxygens (including phenoxy) is 4. The molecule has 0 fully saturated rings. The Morgan fingerprint density at radius 1 is 1.15 bits per heavy atom. The minimum absolute atomic E-state index is 0.275. The van der Waals surface area contributed by atoms with Crippen molar-refractivity contribution >= 4 is 11.6 Å². The number of hydrogen-bond donors (Lipinski definition) is 2. The minimum atomic E-state index is 0.275. The van der Waals surface area contributed by atoms with Crippen LogP contribution in [0.25, 0.3) is 0 Å². The van der Waals surface area contributed by atoms with Crippen LogP contribution in [0, 0.1) is 0 Å². The van der Waals surface area contributed by atoms with Crippen molar-refractivity contribution in [3.05, 3.63) is 35.9 Å². The first-order valence-corrected chi connectivity index (χ1v) is 8.24. The van der Waals surface area contributed by atoms with Gasteiger partial charge in [-0.15, -0.1) is 0 Å². The van der Waals surface area contributed by atoms with Gasteiger partial charge in [0.1, 0.15) is 0 Å². The van der Waals surface area contributed by atoms with Gasteiger partial charge in [0.2, 0.25) is 11.8 Å². The average Bonchev–Trinajstić information content (AvgIpc) is 2.91. The Kier molecular flexibility index (Phi) is 5.62. The number of anilines is 1. The molecule has 0 amide bonds. The van der Waals surface area contributed by atoms with Gasteiger partial charge in [0.25, 0.3) is 0 Å². The molecule has 8 heteroatoms. The summed E-state index contributed by atoms with van der Waals surface area (Å²) < 4.78 is 21.6. The summed E-state index contributed by atoms with van der Waals surface area (Å²) in [4.78, 5) is 8.56. The summed E-state index contributed by atoms with van der Waals surface area (Å²) in [5.74, 6) is 2.64. The van der Waals surface area contributed by atoms with Crippen molar-refractivity contribution < 1.29 is 18.9 Å². The van der Waals surface area contributed by atoms with Gasteiger partial charge in [0.15, 0.2) is 17.5 Å². The van der Waals surface area contributed by atoms with E-state index in [0.717, 1.165) is 23.4 Å². The lowest BCUT2D eigenvalue weighted by molar-refractivity contribution is 0.297. The van der Waals surface area contributed by atoms with Crippen molar-refractivity contribution in [2.24, 2.45) is 10.7 Å². The third kappa shape index (κ3) is 4.27. The van der Waals surface area contributed by atoms with Crippen molar-refractivity contribution in [1.82, 2.24) is 4.98 Å². The van der Waals surface area contributed by atoms with E-state index in [4.69, 9.17) is 24.7 Å². The molecule has 3 rings (SSSR count). The summed E-state index contributed by atoms with van der Waals surface area (Å²) in [5.41, 5.74) is 7.56. The molecular weight excluding hydrogens is 336 g/mol. The van der Waals surface area contributed by atoms with Gasteiger partial charge in [-0.1, -0.05) is 0 Å². The van der Waals surface area contributed by atoms with E-state index < -0.39 is 0 Å². The quantitative estimate of drug-likeness (QED) is 0.624. The van der Waals surface area contributed by atoms with Crippen LogP contribution in [-0.4, -0.2) is 38.4 Å². The number of pyridine rings is 1. The van der Waals surface area contributed by atoms with Gasteiger partial charge in [-0.3, -0.25) is 0 Å². The Hall–Kier alpha value is -3.16. The number of hydrogen-bond acceptors (Lipinski definition) is 6. The van der Waals surface area contributed by atoms with Crippen molar-refractivity contribution in [3.8, 4) is 23.3 Å². The predicted octanol–water partition coefficient (Wildman–Crippen LogP) is 2.19. The highest BCUT2D eigenvalue weighted by Crippen LogP contribution is 2.32. The molecule has 0 radical (unpaired) electrons. The monoisotopic (exact) mass is 358 g/mol. The van der Waals surface area contributed by atoms with Gasteiger partial charge in [0, 0.05) is 29.8 Å². The summed E-state index contributed by atoms with van der Waals surface area (Å²) in [7, 11) is 3.10. The largest absolute Gasteiger partial charge is 0.490 e. The number of nitrogens with zero attached hydrogens (tertiary/aromatic N) is 2. The molecule has 8 nitrogen and oxygen atoms in total. The lowest BCUT2D eigenvalue weighted by Gasteiger charge is -2.11. The van der Waals surface area contributed by atoms with Crippen molar-refractivity contribution in [2.45, 2.75) is 13.0 Å². The molecule has 1 aliphatic heterocycles. The van der Waals surface area contributed by atoms with Crippen LogP contribution in [0.1, 0.15) is 12.0 Å². The fourth-order valence-electron chi connectivity index (χ4n) is 2.46. The maximum atomic E-state index is 5.99. The van der Waals surface area contributed by atoms with Crippen LogP contribution in [0.5, 0.6) is 23.3 Å². The number of aromatic nitrogens is 1. The maximum Gasteiger partial charge on any atom is 0.221 e. The highest BCUT2D eigenvalue weighted by molar-refractivity contribution is 5.92. The van der Waals surface area contributed by atoms with Crippen molar-refractivity contribution in [1.29, 1.82) is 0 Å². The van der Waals surface area contributed by atoms with Crippen LogP contribution in [0.15, 0.2) is 35.3 Å². The molecule has 2 heterocycles. The molecule has 0 spiro atoms. The van der Waals surface area contributed by atoms with E-state index in [1.807, 2.05) is 24.3 Å². The summed E-state index contributed by atoms with van der Waals surface area (Å²) in [6, 6.07) is 9.16.